The number of nitriles is 2. The van der Waals surface area contributed by atoms with Crippen molar-refractivity contribution in [3.05, 3.63) is 165 Å². The van der Waals surface area contributed by atoms with Crippen molar-refractivity contribution in [3.63, 3.8) is 0 Å². The Labute approximate surface area is 370 Å². The van der Waals surface area contributed by atoms with E-state index in [1.807, 2.05) is 66.7 Å². The summed E-state index contributed by atoms with van der Waals surface area (Å²) in [5.41, 5.74) is -4.46. The summed E-state index contributed by atoms with van der Waals surface area (Å²) < 4.78 is 58.7. The Bertz CT molecular complexity index is 2570. The van der Waals surface area contributed by atoms with Crippen molar-refractivity contribution in [1.82, 2.24) is 9.13 Å². The summed E-state index contributed by atoms with van der Waals surface area (Å²) in [7, 11) is -1.87. The van der Waals surface area contributed by atoms with Crippen molar-refractivity contribution in [2.24, 2.45) is 0 Å². The van der Waals surface area contributed by atoms with Gasteiger partial charge in [-0.05, 0) is 80.8 Å². The standard InChI is InChI=1S/C47H49N4O12P/c1-45(2,26-28-48)62-64(56,63-46(3,4)27-29-49)61-41-40(53)38(60-43(41)50-30-25-39(52)51(44(50)55)42(54)32-13-9-7-10-14-32)31-59-47(33-15-11-8-12-16-33,34-17-21-36(57-5)22-18-34)35-19-23-37(58-6)24-20-35/h7-25,30,38,40-41,43,53H,26-27,31H2,1-6H3/t38-,40-,41-,43-/m1/s1. The van der Waals surface area contributed by atoms with Crippen molar-refractivity contribution >= 4 is 13.7 Å². The third-order valence-electron chi connectivity index (χ3n) is 10.4. The number of phosphoric ester groups is 1. The number of benzene rings is 4. The number of aliphatic hydroxyl groups excluding tert-OH is 1. The molecule has 0 bridgehead atoms. The highest BCUT2D eigenvalue weighted by molar-refractivity contribution is 7.48. The maximum absolute atomic E-state index is 15.0. The molecule has 1 aliphatic heterocycles. The van der Waals surface area contributed by atoms with Crippen LogP contribution in [-0.2, 0) is 33.2 Å². The summed E-state index contributed by atoms with van der Waals surface area (Å²) in [4.78, 5) is 41.3. The number of aliphatic hydroxyl groups is 1. The van der Waals surface area contributed by atoms with Gasteiger partial charge in [-0.25, -0.2) is 9.36 Å². The Morgan fingerprint density at radius 2 is 1.23 bits per heavy atom. The molecule has 0 unspecified atom stereocenters. The summed E-state index contributed by atoms with van der Waals surface area (Å²) >= 11 is 0. The van der Waals surface area contributed by atoms with Gasteiger partial charge in [0, 0.05) is 17.8 Å². The fraction of sp³-hybridized carbons (Fsp3) is 0.340. The van der Waals surface area contributed by atoms with Crippen LogP contribution in [0.25, 0.3) is 0 Å². The molecule has 0 saturated carbocycles. The molecule has 6 rings (SSSR count). The quantitative estimate of drug-likeness (QED) is 0.0701. The number of aromatic nitrogens is 2. The van der Waals surface area contributed by atoms with E-state index in [0.717, 1.165) is 16.8 Å². The first-order valence-electron chi connectivity index (χ1n) is 20.2. The third kappa shape index (κ3) is 10.3. The predicted molar refractivity (Wildman–Crippen MR) is 233 cm³/mol. The summed E-state index contributed by atoms with van der Waals surface area (Å²) in [6.07, 6.45) is -6.21. The highest BCUT2D eigenvalue weighted by Gasteiger charge is 2.53. The monoisotopic (exact) mass is 892 g/mol. The van der Waals surface area contributed by atoms with Gasteiger partial charge in [0.05, 0.1) is 57.0 Å². The zero-order chi connectivity index (χ0) is 46.3. The fourth-order valence-electron chi connectivity index (χ4n) is 7.32. The first-order chi connectivity index (χ1) is 30.5. The molecule has 1 aliphatic rings. The molecule has 0 amide bonds. The summed E-state index contributed by atoms with van der Waals surface area (Å²) in [5.74, 6) is 0.224. The molecular formula is C47H49N4O12P. The van der Waals surface area contributed by atoms with E-state index in [9.17, 15) is 34.6 Å². The molecule has 16 nitrogen and oxygen atoms in total. The molecule has 64 heavy (non-hydrogen) atoms. The zero-order valence-corrected chi connectivity index (χ0v) is 37.0. The van der Waals surface area contributed by atoms with Crippen molar-refractivity contribution in [2.75, 3.05) is 20.8 Å². The van der Waals surface area contributed by atoms with E-state index < -0.39 is 72.9 Å². The van der Waals surface area contributed by atoms with Crippen LogP contribution in [0.5, 0.6) is 11.5 Å². The number of carbonyl (C=O) groups is 1. The topological polar surface area (TPSA) is 211 Å². The van der Waals surface area contributed by atoms with E-state index in [1.165, 1.54) is 39.8 Å². The van der Waals surface area contributed by atoms with Crippen molar-refractivity contribution < 1.29 is 47.0 Å². The van der Waals surface area contributed by atoms with Crippen LogP contribution in [0.1, 0.15) is 73.8 Å². The van der Waals surface area contributed by atoms with Gasteiger partial charge in [0.15, 0.2) is 6.23 Å². The fourth-order valence-corrected chi connectivity index (χ4v) is 9.31. The smallest absolute Gasteiger partial charge is 0.476 e. The molecule has 2 heterocycles. The van der Waals surface area contributed by atoms with Gasteiger partial charge in [-0.15, -0.1) is 0 Å². The summed E-state index contributed by atoms with van der Waals surface area (Å²) in [6, 6.07) is 36.3. The SMILES string of the molecule is COc1ccc(C(OC[C@H]2O[C@@H](n3ccc(=O)n(C(=O)c4ccccc4)c3=O)[C@H](OP(=O)(OC(C)(C)CC#N)OC(C)(C)CC#N)[C@@H]2O)(c2ccccc2)c2ccc(OC)cc2)cc1. The lowest BCUT2D eigenvalue weighted by Crippen LogP contribution is -2.46. The lowest BCUT2D eigenvalue weighted by molar-refractivity contribution is -0.0967. The number of ether oxygens (including phenoxy) is 4. The number of hydrogen-bond donors (Lipinski definition) is 1. The van der Waals surface area contributed by atoms with Crippen LogP contribution < -0.4 is 20.7 Å². The molecule has 0 radical (unpaired) electrons. The number of rotatable bonds is 18. The predicted octanol–water partition coefficient (Wildman–Crippen LogP) is 6.89. The van der Waals surface area contributed by atoms with Crippen molar-refractivity contribution in [2.45, 2.75) is 81.9 Å². The van der Waals surface area contributed by atoms with Gasteiger partial charge in [-0.2, -0.15) is 15.1 Å². The number of methoxy groups -OCH3 is 2. The lowest BCUT2D eigenvalue weighted by Gasteiger charge is -2.37. The lowest BCUT2D eigenvalue weighted by atomic mass is 9.80. The van der Waals surface area contributed by atoms with E-state index in [-0.39, 0.29) is 18.4 Å². The van der Waals surface area contributed by atoms with Gasteiger partial charge < -0.3 is 24.1 Å². The number of hydrogen-bond acceptors (Lipinski definition) is 14. The van der Waals surface area contributed by atoms with Gasteiger partial charge in [-0.1, -0.05) is 72.8 Å². The van der Waals surface area contributed by atoms with Crippen LogP contribution >= 0.6 is 7.82 Å². The Hall–Kier alpha value is -6.20. The molecule has 0 aliphatic carbocycles. The second kappa shape index (κ2) is 19.7. The van der Waals surface area contributed by atoms with Gasteiger partial charge in [0.1, 0.15) is 35.4 Å². The average molecular weight is 893 g/mol. The molecule has 1 N–H and O–H groups in total. The largest absolute Gasteiger partial charge is 0.497 e. The van der Waals surface area contributed by atoms with Gasteiger partial charge >= 0.3 is 13.5 Å². The summed E-state index contributed by atoms with van der Waals surface area (Å²) in [5, 5.41) is 31.5. The maximum Gasteiger partial charge on any atom is 0.476 e. The molecule has 1 saturated heterocycles. The van der Waals surface area contributed by atoms with Crippen LogP contribution in [-0.4, -0.2) is 70.5 Å². The minimum atomic E-state index is -4.96. The average Bonchev–Trinajstić information content (AvgIpc) is 3.57. The van der Waals surface area contributed by atoms with Gasteiger partial charge in [0.2, 0.25) is 0 Å². The van der Waals surface area contributed by atoms with Crippen LogP contribution in [0.15, 0.2) is 131 Å². The molecule has 0 spiro atoms. The van der Waals surface area contributed by atoms with E-state index in [2.05, 4.69) is 0 Å². The highest BCUT2D eigenvalue weighted by atomic mass is 31.2. The second-order valence-electron chi connectivity index (χ2n) is 16.1. The first kappa shape index (κ1) is 47.3. The molecule has 1 aromatic heterocycles. The van der Waals surface area contributed by atoms with E-state index in [0.29, 0.717) is 32.8 Å². The van der Waals surface area contributed by atoms with Crippen molar-refractivity contribution in [1.29, 1.82) is 10.5 Å². The Kier molecular flexibility index (Phi) is 14.5. The molecule has 4 aromatic carbocycles. The van der Waals surface area contributed by atoms with Gasteiger partial charge in [0.25, 0.3) is 11.5 Å². The van der Waals surface area contributed by atoms with Crippen LogP contribution in [0.4, 0.5) is 0 Å². The molecular weight excluding hydrogens is 844 g/mol. The Balaban J connectivity index is 1.50. The number of phosphoric acid groups is 1. The number of nitrogens with zero attached hydrogens (tertiary/aromatic N) is 4. The number of carbonyl (C=O) groups excluding carboxylic acids is 1. The van der Waals surface area contributed by atoms with E-state index in [1.54, 1.807) is 56.7 Å². The minimum Gasteiger partial charge on any atom is -0.497 e. The maximum atomic E-state index is 15.0. The summed E-state index contributed by atoms with van der Waals surface area (Å²) in [6.45, 7) is 5.46. The minimum absolute atomic E-state index is 0.0333. The third-order valence-corrected chi connectivity index (χ3v) is 12.4. The van der Waals surface area contributed by atoms with Crippen LogP contribution in [0, 0.1) is 22.7 Å². The van der Waals surface area contributed by atoms with E-state index >= 15 is 0 Å². The zero-order valence-electron chi connectivity index (χ0n) is 36.2. The molecule has 1 fully saturated rings. The van der Waals surface area contributed by atoms with Crippen LogP contribution in [0.2, 0.25) is 0 Å². The van der Waals surface area contributed by atoms with E-state index in [4.69, 9.17) is 32.5 Å². The Morgan fingerprint density at radius 3 is 1.72 bits per heavy atom. The first-order valence-corrected chi connectivity index (χ1v) is 21.7. The molecule has 17 heteroatoms. The van der Waals surface area contributed by atoms with Gasteiger partial charge in [-0.3, -0.25) is 27.7 Å². The second-order valence-corrected chi connectivity index (χ2v) is 17.6. The Morgan fingerprint density at radius 1 is 0.750 bits per heavy atom. The van der Waals surface area contributed by atoms with Crippen molar-refractivity contribution in [3.8, 4) is 23.6 Å². The molecule has 4 atom stereocenters. The normalized spacial score (nSPS) is 17.9. The highest BCUT2D eigenvalue weighted by Crippen LogP contribution is 2.59. The van der Waals surface area contributed by atoms with Crippen LogP contribution in [0.3, 0.4) is 0 Å². The molecule has 334 valence electrons. The molecule has 5 aromatic rings.